The van der Waals surface area contributed by atoms with Crippen LogP contribution in [0.2, 0.25) is 0 Å². The van der Waals surface area contributed by atoms with E-state index in [0.717, 1.165) is 24.1 Å². The molecule has 3 rings (SSSR count). The highest BCUT2D eigenvalue weighted by Gasteiger charge is 2.44. The first-order valence-corrected chi connectivity index (χ1v) is 7.21. The minimum absolute atomic E-state index is 0.193. The Morgan fingerprint density at radius 2 is 2.22 bits per heavy atom. The molecule has 116 valence electrons. The Morgan fingerprint density at radius 1 is 1.43 bits per heavy atom. The molecule has 1 heterocycles. The third-order valence-corrected chi connectivity index (χ3v) is 3.65. The number of hydrogen-bond acceptors (Lipinski definition) is 6. The van der Waals surface area contributed by atoms with Crippen LogP contribution in [0.4, 0.5) is 17.5 Å². The minimum Gasteiger partial charge on any atom is -0.365 e. The van der Waals surface area contributed by atoms with Gasteiger partial charge in [-0.15, -0.1) is 0 Å². The zero-order valence-corrected chi connectivity index (χ0v) is 12.6. The number of aryl methyl sites for hydroxylation is 1. The molecule has 0 aliphatic heterocycles. The maximum absolute atomic E-state index is 11.6. The number of primary amides is 1. The smallest absolute Gasteiger partial charge is 0.254 e. The van der Waals surface area contributed by atoms with Crippen LogP contribution in [0.1, 0.15) is 28.8 Å². The molecule has 1 aromatic heterocycles. The van der Waals surface area contributed by atoms with Crippen molar-refractivity contribution in [2.24, 2.45) is 5.73 Å². The molecule has 0 unspecified atom stereocenters. The number of anilines is 3. The molecule has 0 saturated heterocycles. The Balaban J connectivity index is 1.92. The van der Waals surface area contributed by atoms with E-state index in [0.29, 0.717) is 11.8 Å². The summed E-state index contributed by atoms with van der Waals surface area (Å²) in [5.74, 6) is -0.00772. The molecule has 0 spiro atoms. The second-order valence-corrected chi connectivity index (χ2v) is 5.63. The van der Waals surface area contributed by atoms with Gasteiger partial charge in [0, 0.05) is 11.9 Å². The van der Waals surface area contributed by atoms with Crippen LogP contribution in [-0.4, -0.2) is 21.4 Å². The number of benzene rings is 1. The molecule has 1 aromatic carbocycles. The van der Waals surface area contributed by atoms with Gasteiger partial charge in [0.25, 0.3) is 5.91 Å². The van der Waals surface area contributed by atoms with Crippen LogP contribution in [-0.2, 0) is 0 Å². The average molecular weight is 308 g/mol. The number of nitriles is 1. The lowest BCUT2D eigenvalue weighted by Gasteiger charge is -2.13. The van der Waals surface area contributed by atoms with Crippen molar-refractivity contribution < 1.29 is 4.79 Å². The number of nitrogens with two attached hydrogens (primary N) is 1. The first-order chi connectivity index (χ1) is 11.0. The topological polar surface area (TPSA) is 117 Å². The fourth-order valence-electron chi connectivity index (χ4n) is 2.18. The number of rotatable bonds is 5. The van der Waals surface area contributed by atoms with Gasteiger partial charge in [0.2, 0.25) is 5.95 Å². The Kier molecular flexibility index (Phi) is 3.58. The number of nitrogens with one attached hydrogen (secondary N) is 2. The number of nitrogens with zero attached hydrogens (tertiary/aromatic N) is 3. The summed E-state index contributed by atoms with van der Waals surface area (Å²) in [6.07, 6.45) is 2.87. The normalized spacial score (nSPS) is 14.6. The lowest BCUT2D eigenvalue weighted by molar-refractivity contribution is 0.100. The van der Waals surface area contributed by atoms with Crippen LogP contribution in [0.5, 0.6) is 0 Å². The van der Waals surface area contributed by atoms with Gasteiger partial charge in [-0.25, -0.2) is 4.98 Å². The lowest BCUT2D eigenvalue weighted by atomic mass is 10.2. The number of carbonyl (C=O) groups is 1. The molecule has 7 nitrogen and oxygen atoms in total. The first-order valence-electron chi connectivity index (χ1n) is 7.21. The summed E-state index contributed by atoms with van der Waals surface area (Å²) in [5, 5.41) is 15.2. The summed E-state index contributed by atoms with van der Waals surface area (Å²) in [5.41, 5.74) is 6.85. The second kappa shape index (κ2) is 5.57. The number of aromatic nitrogens is 2. The third kappa shape index (κ3) is 3.21. The van der Waals surface area contributed by atoms with E-state index in [1.54, 1.807) is 0 Å². The predicted molar refractivity (Wildman–Crippen MR) is 86.2 cm³/mol. The van der Waals surface area contributed by atoms with E-state index in [9.17, 15) is 4.79 Å². The van der Waals surface area contributed by atoms with Gasteiger partial charge in [0.05, 0.1) is 6.07 Å². The van der Waals surface area contributed by atoms with Crippen molar-refractivity contribution in [3.63, 3.8) is 0 Å². The monoisotopic (exact) mass is 308 g/mol. The molecule has 7 heteroatoms. The van der Waals surface area contributed by atoms with Crippen molar-refractivity contribution >= 4 is 23.4 Å². The quantitative estimate of drug-likeness (QED) is 0.778. The number of hydrogen-bond donors (Lipinski definition) is 3. The molecule has 1 aliphatic rings. The minimum atomic E-state index is -0.617. The highest BCUT2D eigenvalue weighted by Crippen LogP contribution is 2.37. The summed E-state index contributed by atoms with van der Waals surface area (Å²) in [4.78, 5) is 20.0. The van der Waals surface area contributed by atoms with E-state index in [2.05, 4.69) is 26.7 Å². The van der Waals surface area contributed by atoms with Crippen molar-refractivity contribution in [1.82, 2.24) is 9.97 Å². The lowest BCUT2D eigenvalue weighted by Crippen LogP contribution is -2.22. The molecule has 1 saturated carbocycles. The summed E-state index contributed by atoms with van der Waals surface area (Å²) >= 11 is 0. The van der Waals surface area contributed by atoms with Crippen molar-refractivity contribution in [2.45, 2.75) is 25.3 Å². The molecule has 1 fully saturated rings. The Labute approximate surface area is 133 Å². The molecule has 4 N–H and O–H groups in total. The van der Waals surface area contributed by atoms with Gasteiger partial charge in [0.1, 0.15) is 16.9 Å². The fraction of sp³-hybridized carbons (Fsp3) is 0.250. The molecule has 0 radical (unpaired) electrons. The number of carbonyl (C=O) groups excluding carboxylic acids is 1. The van der Waals surface area contributed by atoms with Crippen molar-refractivity contribution in [2.75, 3.05) is 10.6 Å². The van der Waals surface area contributed by atoms with E-state index < -0.39 is 11.4 Å². The zero-order chi connectivity index (χ0) is 16.4. The third-order valence-electron chi connectivity index (χ3n) is 3.65. The Hall–Kier alpha value is -3.14. The zero-order valence-electron chi connectivity index (χ0n) is 12.6. The first kappa shape index (κ1) is 14.8. The molecule has 1 amide bonds. The molecule has 1 aliphatic carbocycles. The SMILES string of the molecule is Cc1cccc(Nc2nc(NC3(C#N)CC3)ncc2C(N)=O)c1. The molecular weight excluding hydrogens is 292 g/mol. The van der Waals surface area contributed by atoms with E-state index >= 15 is 0 Å². The fourth-order valence-corrected chi connectivity index (χ4v) is 2.18. The van der Waals surface area contributed by atoms with Gasteiger partial charge in [0.15, 0.2) is 0 Å². The summed E-state index contributed by atoms with van der Waals surface area (Å²) in [6, 6.07) is 9.87. The van der Waals surface area contributed by atoms with Crippen LogP contribution >= 0.6 is 0 Å². The van der Waals surface area contributed by atoms with Crippen LogP contribution in [0.15, 0.2) is 30.5 Å². The van der Waals surface area contributed by atoms with Crippen molar-refractivity contribution in [3.05, 3.63) is 41.6 Å². The summed E-state index contributed by atoms with van der Waals surface area (Å²) < 4.78 is 0. The maximum Gasteiger partial charge on any atom is 0.254 e. The highest BCUT2D eigenvalue weighted by molar-refractivity contribution is 5.98. The second-order valence-electron chi connectivity index (χ2n) is 5.63. The predicted octanol–water partition coefficient (Wildman–Crippen LogP) is 2.10. The van der Waals surface area contributed by atoms with Crippen LogP contribution in [0.3, 0.4) is 0 Å². The largest absolute Gasteiger partial charge is 0.365 e. The standard InChI is InChI=1S/C16H16N6O/c1-10-3-2-4-11(7-10)20-14-12(13(18)23)8-19-15(21-14)22-16(9-17)5-6-16/h2-4,7-8H,5-6H2,1H3,(H2,18,23)(H2,19,20,21,22). The van der Waals surface area contributed by atoms with Crippen molar-refractivity contribution in [3.8, 4) is 6.07 Å². The van der Waals surface area contributed by atoms with Gasteiger partial charge in [-0.3, -0.25) is 4.79 Å². The molecule has 0 bridgehead atoms. The average Bonchev–Trinajstić information content (AvgIpc) is 3.27. The number of amides is 1. The van der Waals surface area contributed by atoms with Crippen LogP contribution in [0, 0.1) is 18.3 Å². The van der Waals surface area contributed by atoms with E-state index in [1.807, 2.05) is 31.2 Å². The van der Waals surface area contributed by atoms with E-state index in [1.165, 1.54) is 6.20 Å². The van der Waals surface area contributed by atoms with Gasteiger partial charge in [-0.1, -0.05) is 12.1 Å². The van der Waals surface area contributed by atoms with Gasteiger partial charge < -0.3 is 16.4 Å². The molecule has 2 aromatic rings. The van der Waals surface area contributed by atoms with E-state index in [-0.39, 0.29) is 5.56 Å². The van der Waals surface area contributed by atoms with Gasteiger partial charge >= 0.3 is 0 Å². The van der Waals surface area contributed by atoms with Gasteiger partial charge in [-0.05, 0) is 37.5 Å². The molecular formula is C16H16N6O. The highest BCUT2D eigenvalue weighted by atomic mass is 16.1. The summed E-state index contributed by atoms with van der Waals surface area (Å²) in [6.45, 7) is 1.97. The van der Waals surface area contributed by atoms with E-state index in [4.69, 9.17) is 11.0 Å². The van der Waals surface area contributed by atoms with Crippen molar-refractivity contribution in [1.29, 1.82) is 5.26 Å². The van der Waals surface area contributed by atoms with Crippen LogP contribution in [0.25, 0.3) is 0 Å². The van der Waals surface area contributed by atoms with Crippen LogP contribution < -0.4 is 16.4 Å². The Morgan fingerprint density at radius 3 is 2.83 bits per heavy atom. The maximum atomic E-state index is 11.6. The summed E-state index contributed by atoms with van der Waals surface area (Å²) in [7, 11) is 0. The Bertz CT molecular complexity index is 806. The molecule has 0 atom stereocenters. The van der Waals surface area contributed by atoms with Gasteiger partial charge in [-0.2, -0.15) is 10.2 Å². The molecule has 23 heavy (non-hydrogen) atoms.